The molecule has 1 aliphatic heterocycles. The number of benzene rings is 2. The van der Waals surface area contributed by atoms with E-state index in [9.17, 15) is 36.5 Å². The standard InChI is InChI=1S/C20H18F3N3O5S/c21-20(22,23)16-4-8-18(9-5-16)32(30,31)25-13-11-24(12-14-25)19(27)10-3-15-1-6-17(7-2-15)26(28)29/h1-10H,11-14H2/b10-3+. The topological polar surface area (TPSA) is 101 Å². The summed E-state index contributed by atoms with van der Waals surface area (Å²) in [7, 11) is -3.98. The molecule has 1 amide bonds. The van der Waals surface area contributed by atoms with Gasteiger partial charge in [0.2, 0.25) is 15.9 Å². The van der Waals surface area contributed by atoms with E-state index in [2.05, 4.69) is 0 Å². The molecule has 2 aromatic carbocycles. The maximum atomic E-state index is 12.7. The fourth-order valence-corrected chi connectivity index (χ4v) is 4.52. The van der Waals surface area contributed by atoms with Gasteiger partial charge in [0, 0.05) is 44.4 Å². The van der Waals surface area contributed by atoms with Gasteiger partial charge in [-0.25, -0.2) is 8.42 Å². The number of sulfonamides is 1. The molecule has 170 valence electrons. The second kappa shape index (κ2) is 9.09. The number of rotatable bonds is 5. The fraction of sp³-hybridized carbons (Fsp3) is 0.250. The quantitative estimate of drug-likeness (QED) is 0.380. The molecule has 0 spiro atoms. The van der Waals surface area contributed by atoms with Gasteiger partial charge in [-0.05, 0) is 48.0 Å². The lowest BCUT2D eigenvalue weighted by Gasteiger charge is -2.33. The van der Waals surface area contributed by atoms with Gasteiger partial charge in [0.05, 0.1) is 15.4 Å². The number of piperazine rings is 1. The summed E-state index contributed by atoms with van der Waals surface area (Å²) >= 11 is 0. The summed E-state index contributed by atoms with van der Waals surface area (Å²) in [5.41, 5.74) is -0.419. The number of non-ortho nitro benzene ring substituents is 1. The van der Waals surface area contributed by atoms with Crippen LogP contribution in [0.15, 0.2) is 59.5 Å². The normalized spacial score (nSPS) is 15.8. The van der Waals surface area contributed by atoms with Crippen molar-refractivity contribution in [3.8, 4) is 0 Å². The highest BCUT2D eigenvalue weighted by Gasteiger charge is 2.33. The number of nitro groups is 1. The maximum absolute atomic E-state index is 12.7. The van der Waals surface area contributed by atoms with Gasteiger partial charge < -0.3 is 4.90 Å². The Morgan fingerprint density at radius 2 is 1.53 bits per heavy atom. The molecule has 0 aliphatic carbocycles. The predicted octanol–water partition coefficient (Wildman–Crippen LogP) is 3.16. The van der Waals surface area contributed by atoms with E-state index >= 15 is 0 Å². The monoisotopic (exact) mass is 469 g/mol. The zero-order valence-electron chi connectivity index (χ0n) is 16.5. The number of carbonyl (C=O) groups is 1. The number of carbonyl (C=O) groups excluding carboxylic acids is 1. The Kier molecular flexibility index (Phi) is 6.65. The molecule has 12 heteroatoms. The van der Waals surface area contributed by atoms with Crippen molar-refractivity contribution < 1.29 is 31.3 Å². The van der Waals surface area contributed by atoms with E-state index in [0.29, 0.717) is 5.56 Å². The largest absolute Gasteiger partial charge is 0.416 e. The second-order valence-corrected chi connectivity index (χ2v) is 8.87. The molecular formula is C20H18F3N3O5S. The number of halogens is 3. The Morgan fingerprint density at radius 3 is 2.03 bits per heavy atom. The molecule has 1 aliphatic rings. The molecular weight excluding hydrogens is 451 g/mol. The molecule has 1 saturated heterocycles. The average molecular weight is 469 g/mol. The number of alkyl halides is 3. The Balaban J connectivity index is 1.60. The molecule has 0 atom stereocenters. The molecule has 0 radical (unpaired) electrons. The fourth-order valence-electron chi connectivity index (χ4n) is 3.09. The van der Waals surface area contributed by atoms with Crippen LogP contribution < -0.4 is 0 Å². The molecule has 0 N–H and O–H groups in total. The Bertz CT molecular complexity index is 1120. The van der Waals surface area contributed by atoms with E-state index in [1.807, 2.05) is 0 Å². The number of hydrogen-bond donors (Lipinski definition) is 0. The first kappa shape index (κ1) is 23.4. The van der Waals surface area contributed by atoms with Gasteiger partial charge in [0.25, 0.3) is 5.69 Å². The van der Waals surface area contributed by atoms with Crippen LogP contribution in [-0.2, 0) is 21.0 Å². The van der Waals surface area contributed by atoms with Crippen molar-refractivity contribution in [3.05, 3.63) is 75.8 Å². The van der Waals surface area contributed by atoms with Crippen LogP contribution in [0.5, 0.6) is 0 Å². The van der Waals surface area contributed by atoms with Crippen LogP contribution in [0.1, 0.15) is 11.1 Å². The number of amides is 1. The van der Waals surface area contributed by atoms with Crippen LogP contribution in [0.25, 0.3) is 6.08 Å². The first-order valence-corrected chi connectivity index (χ1v) is 10.8. The summed E-state index contributed by atoms with van der Waals surface area (Å²) < 4.78 is 64.5. The molecule has 1 heterocycles. The van der Waals surface area contributed by atoms with Crippen molar-refractivity contribution in [2.75, 3.05) is 26.2 Å². The van der Waals surface area contributed by atoms with Gasteiger partial charge in [0.1, 0.15) is 0 Å². The minimum atomic E-state index is -4.56. The first-order chi connectivity index (χ1) is 15.0. The Labute approximate surface area is 181 Å². The smallest absolute Gasteiger partial charge is 0.337 e. The van der Waals surface area contributed by atoms with Gasteiger partial charge in [-0.1, -0.05) is 0 Å². The number of hydrogen-bond acceptors (Lipinski definition) is 5. The summed E-state index contributed by atoms with van der Waals surface area (Å²) in [5, 5.41) is 10.7. The zero-order valence-corrected chi connectivity index (χ0v) is 17.3. The van der Waals surface area contributed by atoms with Gasteiger partial charge in [-0.3, -0.25) is 14.9 Å². The maximum Gasteiger partial charge on any atom is 0.416 e. The van der Waals surface area contributed by atoms with Crippen LogP contribution in [0, 0.1) is 10.1 Å². The van der Waals surface area contributed by atoms with Gasteiger partial charge >= 0.3 is 6.18 Å². The first-order valence-electron chi connectivity index (χ1n) is 9.37. The van der Waals surface area contributed by atoms with E-state index < -0.39 is 26.7 Å². The summed E-state index contributed by atoms with van der Waals surface area (Å²) in [6, 6.07) is 8.90. The molecule has 1 fully saturated rings. The number of nitrogens with zero attached hydrogens (tertiary/aromatic N) is 3. The lowest BCUT2D eigenvalue weighted by Crippen LogP contribution is -2.50. The van der Waals surface area contributed by atoms with Crippen molar-refractivity contribution in [3.63, 3.8) is 0 Å². The van der Waals surface area contributed by atoms with E-state index in [0.717, 1.165) is 28.6 Å². The zero-order chi connectivity index (χ0) is 23.5. The molecule has 3 rings (SSSR count). The summed E-state index contributed by atoms with van der Waals surface area (Å²) in [6.45, 7) is 0.230. The molecule has 2 aromatic rings. The van der Waals surface area contributed by atoms with E-state index in [1.54, 1.807) is 0 Å². The molecule has 8 nitrogen and oxygen atoms in total. The van der Waals surface area contributed by atoms with E-state index in [4.69, 9.17) is 0 Å². The highest BCUT2D eigenvalue weighted by molar-refractivity contribution is 7.89. The second-order valence-electron chi connectivity index (χ2n) is 6.93. The van der Waals surface area contributed by atoms with Gasteiger partial charge in [0.15, 0.2) is 0 Å². The predicted molar refractivity (Wildman–Crippen MR) is 109 cm³/mol. The van der Waals surface area contributed by atoms with Crippen LogP contribution in [0.4, 0.5) is 18.9 Å². The third-order valence-corrected chi connectivity index (χ3v) is 6.80. The van der Waals surface area contributed by atoms with Gasteiger partial charge in [-0.2, -0.15) is 17.5 Å². The van der Waals surface area contributed by atoms with Crippen molar-refractivity contribution >= 4 is 27.7 Å². The van der Waals surface area contributed by atoms with Crippen LogP contribution in [-0.4, -0.2) is 54.6 Å². The van der Waals surface area contributed by atoms with Gasteiger partial charge in [-0.15, -0.1) is 0 Å². The Morgan fingerprint density at radius 1 is 0.969 bits per heavy atom. The lowest BCUT2D eigenvalue weighted by atomic mass is 10.2. The molecule has 32 heavy (non-hydrogen) atoms. The van der Waals surface area contributed by atoms with E-state index in [1.165, 1.54) is 41.3 Å². The van der Waals surface area contributed by atoms with Crippen LogP contribution in [0.2, 0.25) is 0 Å². The number of nitro benzene ring substituents is 1. The SMILES string of the molecule is O=C(/C=C/c1ccc([N+](=O)[O-])cc1)N1CCN(S(=O)(=O)c2ccc(C(F)(F)F)cc2)CC1. The summed E-state index contributed by atoms with van der Waals surface area (Å²) in [4.78, 5) is 23.7. The van der Waals surface area contributed by atoms with Crippen LogP contribution >= 0.6 is 0 Å². The highest BCUT2D eigenvalue weighted by Crippen LogP contribution is 2.30. The molecule has 0 unspecified atom stereocenters. The third-order valence-electron chi connectivity index (χ3n) is 4.89. The lowest BCUT2D eigenvalue weighted by molar-refractivity contribution is -0.384. The van der Waals surface area contributed by atoms with E-state index in [-0.39, 0.29) is 42.7 Å². The molecule has 0 bridgehead atoms. The molecule has 0 aromatic heterocycles. The van der Waals surface area contributed by atoms with Crippen molar-refractivity contribution in [1.29, 1.82) is 0 Å². The van der Waals surface area contributed by atoms with Crippen molar-refractivity contribution in [2.24, 2.45) is 0 Å². The minimum absolute atomic E-state index is 0.000464. The summed E-state index contributed by atoms with van der Waals surface area (Å²) in [5.74, 6) is -0.352. The van der Waals surface area contributed by atoms with Crippen molar-refractivity contribution in [2.45, 2.75) is 11.1 Å². The molecule has 0 saturated carbocycles. The van der Waals surface area contributed by atoms with Crippen molar-refractivity contribution in [1.82, 2.24) is 9.21 Å². The van der Waals surface area contributed by atoms with Crippen LogP contribution in [0.3, 0.4) is 0 Å². The highest BCUT2D eigenvalue weighted by atomic mass is 32.2. The minimum Gasteiger partial charge on any atom is -0.337 e. The Hall–Kier alpha value is -3.25. The third kappa shape index (κ3) is 5.32. The summed E-state index contributed by atoms with van der Waals surface area (Å²) in [6.07, 6.45) is -1.77. The average Bonchev–Trinajstić information content (AvgIpc) is 2.77.